The minimum atomic E-state index is -4.41. The first kappa shape index (κ1) is 24.2. The maximum atomic E-state index is 13.4. The zero-order chi connectivity index (χ0) is 25.3. The van der Waals surface area contributed by atoms with E-state index in [0.717, 1.165) is 0 Å². The van der Waals surface area contributed by atoms with E-state index in [1.54, 1.807) is 13.0 Å². The fraction of sp³-hybridized carbons (Fsp3) is 0.217. The van der Waals surface area contributed by atoms with Crippen LogP contribution in [0, 0.1) is 11.3 Å². The van der Waals surface area contributed by atoms with Crippen LogP contribution in [0.2, 0.25) is 0 Å². The summed E-state index contributed by atoms with van der Waals surface area (Å²) in [6.07, 6.45) is 1.29. The second-order valence-electron chi connectivity index (χ2n) is 7.64. The number of benzene rings is 2. The lowest BCUT2D eigenvalue weighted by Gasteiger charge is -2.34. The predicted octanol–water partition coefficient (Wildman–Crippen LogP) is 4.68. The molecule has 1 atom stereocenters. The molecular formula is C23H18F3N5O3S. The van der Waals surface area contributed by atoms with Crippen molar-refractivity contribution in [3.05, 3.63) is 65.5 Å². The molecule has 1 aliphatic rings. The summed E-state index contributed by atoms with van der Waals surface area (Å²) in [5.74, 6) is -0.747. The number of fused-ring (bicyclic) bond motifs is 1. The Hall–Kier alpha value is -3.98. The molecule has 0 bridgehead atoms. The third kappa shape index (κ3) is 4.95. The van der Waals surface area contributed by atoms with Gasteiger partial charge in [-0.05, 0) is 61.2 Å². The minimum Gasteiger partial charge on any atom is -0.495 e. The largest absolute Gasteiger partial charge is 0.495 e. The van der Waals surface area contributed by atoms with Crippen molar-refractivity contribution < 1.29 is 27.5 Å². The minimum absolute atomic E-state index is 0.000278. The molecule has 0 saturated carbocycles. The molecule has 4 rings (SSSR count). The van der Waals surface area contributed by atoms with Gasteiger partial charge in [-0.3, -0.25) is 14.3 Å². The molecule has 1 N–H and O–H groups in total. The highest BCUT2D eigenvalue weighted by Crippen LogP contribution is 2.38. The highest BCUT2D eigenvalue weighted by molar-refractivity contribution is 8.00. The molecule has 0 spiro atoms. The van der Waals surface area contributed by atoms with Gasteiger partial charge in [-0.2, -0.15) is 23.5 Å². The summed E-state index contributed by atoms with van der Waals surface area (Å²) in [7, 11) is 1.43. The number of nitrogens with one attached hydrogen (secondary N) is 1. The number of aromatic nitrogens is 2. The van der Waals surface area contributed by atoms with Crippen molar-refractivity contribution in [2.24, 2.45) is 0 Å². The molecule has 2 aromatic carbocycles. The summed E-state index contributed by atoms with van der Waals surface area (Å²) < 4.78 is 44.4. The van der Waals surface area contributed by atoms with Crippen LogP contribution in [-0.4, -0.2) is 40.3 Å². The number of carbonyl (C=O) groups excluding carboxylic acids is 2. The van der Waals surface area contributed by atoms with E-state index in [4.69, 9.17) is 4.74 Å². The fourth-order valence-electron chi connectivity index (χ4n) is 3.81. The van der Waals surface area contributed by atoms with Crippen molar-refractivity contribution in [2.45, 2.75) is 29.9 Å². The second-order valence-corrected chi connectivity index (χ2v) is 8.77. The predicted molar refractivity (Wildman–Crippen MR) is 123 cm³/mol. The van der Waals surface area contributed by atoms with Gasteiger partial charge in [0.05, 0.1) is 37.0 Å². The zero-order valence-corrected chi connectivity index (χ0v) is 19.3. The molecule has 1 aromatic heterocycles. The fourth-order valence-corrected chi connectivity index (χ4v) is 4.35. The lowest BCUT2D eigenvalue weighted by Crippen LogP contribution is -2.47. The lowest BCUT2D eigenvalue weighted by atomic mass is 10.1. The Morgan fingerprint density at radius 3 is 2.60 bits per heavy atom. The maximum absolute atomic E-state index is 13.4. The smallest absolute Gasteiger partial charge is 0.446 e. The molecule has 2 heterocycles. The molecule has 0 unspecified atom stereocenters. The van der Waals surface area contributed by atoms with Crippen LogP contribution in [0.25, 0.3) is 0 Å². The number of rotatable bonds is 5. The number of nitrogens with zero attached hydrogens (tertiary/aromatic N) is 4. The van der Waals surface area contributed by atoms with E-state index in [1.807, 2.05) is 6.07 Å². The lowest BCUT2D eigenvalue weighted by molar-refractivity contribution is -0.0328. The first-order valence-corrected chi connectivity index (χ1v) is 11.1. The van der Waals surface area contributed by atoms with Gasteiger partial charge in [-0.15, -0.1) is 0 Å². The second kappa shape index (κ2) is 9.34. The topological polar surface area (TPSA) is 100 Å². The molecule has 0 aliphatic carbocycles. The van der Waals surface area contributed by atoms with Gasteiger partial charge >= 0.3 is 5.51 Å². The van der Waals surface area contributed by atoms with E-state index in [-0.39, 0.29) is 46.1 Å². The molecule has 0 fully saturated rings. The average Bonchev–Trinajstić information content (AvgIpc) is 3.23. The Morgan fingerprint density at radius 2 is 1.97 bits per heavy atom. The van der Waals surface area contributed by atoms with Crippen molar-refractivity contribution in [3.8, 4) is 11.8 Å². The van der Waals surface area contributed by atoms with Gasteiger partial charge in [0.15, 0.2) is 0 Å². The van der Waals surface area contributed by atoms with Gasteiger partial charge in [0.25, 0.3) is 11.8 Å². The van der Waals surface area contributed by atoms with Gasteiger partial charge in [0.2, 0.25) is 0 Å². The molecule has 35 heavy (non-hydrogen) atoms. The van der Waals surface area contributed by atoms with Gasteiger partial charge < -0.3 is 15.0 Å². The van der Waals surface area contributed by atoms with E-state index >= 15 is 0 Å². The summed E-state index contributed by atoms with van der Waals surface area (Å²) >= 11 is -0.239. The summed E-state index contributed by atoms with van der Waals surface area (Å²) in [6.45, 7) is 2.07. The number of alkyl halides is 3. The third-order valence-electron chi connectivity index (χ3n) is 5.31. The number of ether oxygens (including phenoxy) is 1. The number of nitriles is 1. The van der Waals surface area contributed by atoms with Gasteiger partial charge in [-0.1, -0.05) is 0 Å². The van der Waals surface area contributed by atoms with E-state index in [0.29, 0.717) is 17.1 Å². The highest BCUT2D eigenvalue weighted by Gasteiger charge is 2.36. The van der Waals surface area contributed by atoms with Crippen molar-refractivity contribution >= 4 is 35.0 Å². The first-order valence-electron chi connectivity index (χ1n) is 10.3. The first-order chi connectivity index (χ1) is 16.6. The maximum Gasteiger partial charge on any atom is 0.446 e. The summed E-state index contributed by atoms with van der Waals surface area (Å²) in [5, 5.41) is 16.1. The van der Waals surface area contributed by atoms with Crippen LogP contribution in [0.3, 0.4) is 0 Å². The number of halogens is 3. The summed E-state index contributed by atoms with van der Waals surface area (Å²) in [6, 6.07) is 11.6. The van der Waals surface area contributed by atoms with Crippen LogP contribution >= 0.6 is 11.8 Å². The number of hydrogen-bond donors (Lipinski definition) is 1. The van der Waals surface area contributed by atoms with Gasteiger partial charge in [-0.25, -0.2) is 0 Å². The molecule has 12 heteroatoms. The van der Waals surface area contributed by atoms with E-state index in [1.165, 1.54) is 59.3 Å². The molecule has 3 aromatic rings. The van der Waals surface area contributed by atoms with E-state index < -0.39 is 17.3 Å². The van der Waals surface area contributed by atoms with Gasteiger partial charge in [0, 0.05) is 16.3 Å². The van der Waals surface area contributed by atoms with Crippen LogP contribution in [-0.2, 0) is 6.54 Å². The summed E-state index contributed by atoms with van der Waals surface area (Å²) in [5.41, 5.74) is -3.36. The number of carbonyl (C=O) groups is 2. The Balaban J connectivity index is 1.60. The molecule has 180 valence electrons. The van der Waals surface area contributed by atoms with Gasteiger partial charge in [0.1, 0.15) is 17.5 Å². The molecule has 2 amide bonds. The quantitative estimate of drug-likeness (QED) is 0.510. The number of anilines is 2. The van der Waals surface area contributed by atoms with Crippen molar-refractivity contribution in [1.82, 2.24) is 9.78 Å². The zero-order valence-electron chi connectivity index (χ0n) is 18.5. The Bertz CT molecular complexity index is 1330. The van der Waals surface area contributed by atoms with Crippen LogP contribution < -0.4 is 15.0 Å². The van der Waals surface area contributed by atoms with Crippen LogP contribution in [0.1, 0.15) is 33.3 Å². The number of amides is 2. The average molecular weight is 501 g/mol. The SMILES string of the molecule is COc1ccc(NC(=O)c2cnn3c2C(=O)N(c2ccc(SC(F)(F)F)cc2)[C@@H](C)C3)cc1C#N. The van der Waals surface area contributed by atoms with Crippen molar-refractivity contribution in [2.75, 3.05) is 17.3 Å². The van der Waals surface area contributed by atoms with E-state index in [9.17, 15) is 28.0 Å². The summed E-state index contributed by atoms with van der Waals surface area (Å²) in [4.78, 5) is 27.8. The van der Waals surface area contributed by atoms with Crippen LogP contribution in [0.15, 0.2) is 53.6 Å². The third-order valence-corrected chi connectivity index (χ3v) is 6.05. The number of methoxy groups -OCH3 is 1. The standard InChI is InChI=1S/C23H18F3N5O3S/c1-13-12-30-20(22(33)31(13)16-4-6-17(7-5-16)35-23(24,25)26)18(11-28-30)21(32)29-15-3-8-19(34-2)14(9-15)10-27/h3-9,11,13H,12H2,1-2H3,(H,29,32)/t13-/m0/s1. The Labute approximate surface area is 202 Å². The van der Waals surface area contributed by atoms with E-state index in [2.05, 4.69) is 10.4 Å². The monoisotopic (exact) mass is 501 g/mol. The molecule has 8 nitrogen and oxygen atoms in total. The molecule has 0 saturated heterocycles. The van der Waals surface area contributed by atoms with Crippen LogP contribution in [0.5, 0.6) is 5.75 Å². The molecule has 1 aliphatic heterocycles. The Kier molecular flexibility index (Phi) is 6.45. The van der Waals surface area contributed by atoms with Crippen molar-refractivity contribution in [3.63, 3.8) is 0 Å². The van der Waals surface area contributed by atoms with Crippen molar-refractivity contribution in [1.29, 1.82) is 5.26 Å². The molecular weight excluding hydrogens is 483 g/mol. The van der Waals surface area contributed by atoms with Crippen LogP contribution in [0.4, 0.5) is 24.5 Å². The highest BCUT2D eigenvalue weighted by atomic mass is 32.2. The normalized spacial score (nSPS) is 15.4. The number of thioether (sulfide) groups is 1. The Morgan fingerprint density at radius 1 is 1.26 bits per heavy atom. The molecule has 0 radical (unpaired) electrons. The number of hydrogen-bond acceptors (Lipinski definition) is 6.